The number of hydrogen-bond acceptors (Lipinski definition) is 6. The smallest absolute Gasteiger partial charge is 0.254 e. The van der Waals surface area contributed by atoms with Crippen molar-refractivity contribution < 1.29 is 9.84 Å². The molecule has 1 saturated carbocycles. The number of nitrogens with zero attached hydrogens (tertiary/aromatic N) is 5. The van der Waals surface area contributed by atoms with Gasteiger partial charge >= 0.3 is 0 Å². The van der Waals surface area contributed by atoms with Gasteiger partial charge in [0.2, 0.25) is 0 Å². The molecule has 0 spiro atoms. The lowest BCUT2D eigenvalue weighted by Gasteiger charge is -2.24. The molecule has 7 heteroatoms. The van der Waals surface area contributed by atoms with Crippen LogP contribution in [0.15, 0.2) is 12.4 Å². The Morgan fingerprint density at radius 2 is 2.37 bits per heavy atom. The minimum Gasteiger partial charge on any atom is -0.395 e. The van der Waals surface area contributed by atoms with Gasteiger partial charge in [-0.1, -0.05) is 0 Å². The third-order valence-electron chi connectivity index (χ3n) is 3.20. The highest BCUT2D eigenvalue weighted by molar-refractivity contribution is 5.49. The summed E-state index contributed by atoms with van der Waals surface area (Å²) in [6, 6.07) is 2.44. The van der Waals surface area contributed by atoms with Crippen molar-refractivity contribution >= 4 is 11.6 Å². The molecule has 2 aromatic heterocycles. The highest BCUT2D eigenvalue weighted by Gasteiger charge is 2.30. The van der Waals surface area contributed by atoms with Crippen molar-refractivity contribution in [3.05, 3.63) is 18.1 Å². The van der Waals surface area contributed by atoms with Crippen LogP contribution in [0, 0.1) is 0 Å². The third kappa shape index (κ3) is 2.39. The lowest BCUT2D eigenvalue weighted by atomic mass is 10.3. The number of aromatic nitrogens is 4. The van der Waals surface area contributed by atoms with Gasteiger partial charge in [0, 0.05) is 25.8 Å². The molecule has 0 unspecified atom stereocenters. The maximum Gasteiger partial charge on any atom is 0.254 e. The first-order valence-corrected chi connectivity index (χ1v) is 6.39. The van der Waals surface area contributed by atoms with Crippen LogP contribution in [0.1, 0.15) is 18.5 Å². The zero-order valence-electron chi connectivity index (χ0n) is 10.9. The predicted octanol–water partition coefficient (Wildman–Crippen LogP) is 0.232. The maximum absolute atomic E-state index is 9.24. The van der Waals surface area contributed by atoms with Gasteiger partial charge in [-0.25, -0.2) is 4.98 Å². The molecule has 1 aliphatic rings. The molecule has 0 amide bonds. The Hall–Kier alpha value is -1.73. The van der Waals surface area contributed by atoms with Crippen molar-refractivity contribution in [1.29, 1.82) is 0 Å². The van der Waals surface area contributed by atoms with E-state index in [2.05, 4.69) is 20.0 Å². The zero-order chi connectivity index (χ0) is 13.2. The molecular formula is C12H17N5O2. The van der Waals surface area contributed by atoms with Crippen molar-refractivity contribution in [1.82, 2.24) is 19.6 Å². The van der Waals surface area contributed by atoms with Gasteiger partial charge < -0.3 is 14.7 Å². The Bertz CT molecular complexity index is 566. The SMILES string of the molecule is COCc1cc(N(CCO)C2CC2)n2ncnc2n1. The minimum atomic E-state index is 0.120. The fraction of sp³-hybridized carbons (Fsp3) is 0.583. The van der Waals surface area contributed by atoms with Gasteiger partial charge in [0.25, 0.3) is 5.78 Å². The Morgan fingerprint density at radius 3 is 3.05 bits per heavy atom. The lowest BCUT2D eigenvalue weighted by molar-refractivity contribution is 0.181. The van der Waals surface area contributed by atoms with Gasteiger partial charge in [-0.3, -0.25) is 0 Å². The van der Waals surface area contributed by atoms with E-state index in [0.717, 1.165) is 24.4 Å². The fourth-order valence-corrected chi connectivity index (χ4v) is 2.25. The van der Waals surface area contributed by atoms with E-state index in [1.165, 1.54) is 6.33 Å². The second kappa shape index (κ2) is 5.10. The molecule has 19 heavy (non-hydrogen) atoms. The summed E-state index contributed by atoms with van der Waals surface area (Å²) in [6.45, 7) is 1.15. The summed E-state index contributed by atoms with van der Waals surface area (Å²) in [5.74, 6) is 1.49. The first-order valence-electron chi connectivity index (χ1n) is 6.39. The van der Waals surface area contributed by atoms with Gasteiger partial charge in [0.15, 0.2) is 0 Å². The number of rotatable bonds is 6. The third-order valence-corrected chi connectivity index (χ3v) is 3.20. The second-order valence-corrected chi connectivity index (χ2v) is 4.66. The molecule has 0 radical (unpaired) electrons. The van der Waals surface area contributed by atoms with Crippen LogP contribution in [0.3, 0.4) is 0 Å². The van der Waals surface area contributed by atoms with E-state index >= 15 is 0 Å². The fourth-order valence-electron chi connectivity index (χ4n) is 2.25. The number of hydrogen-bond donors (Lipinski definition) is 1. The van der Waals surface area contributed by atoms with Crippen LogP contribution in [0.4, 0.5) is 5.82 Å². The van der Waals surface area contributed by atoms with Crippen molar-refractivity contribution in [2.24, 2.45) is 0 Å². The van der Waals surface area contributed by atoms with E-state index in [9.17, 15) is 5.11 Å². The van der Waals surface area contributed by atoms with E-state index in [1.807, 2.05) is 6.07 Å². The van der Waals surface area contributed by atoms with Crippen molar-refractivity contribution in [3.63, 3.8) is 0 Å². The zero-order valence-corrected chi connectivity index (χ0v) is 10.9. The van der Waals surface area contributed by atoms with Crippen molar-refractivity contribution in [2.45, 2.75) is 25.5 Å². The molecule has 0 aromatic carbocycles. The van der Waals surface area contributed by atoms with Crippen LogP contribution in [-0.4, -0.2) is 51.0 Å². The summed E-state index contributed by atoms with van der Waals surface area (Å²) >= 11 is 0. The molecule has 102 valence electrons. The molecule has 3 rings (SSSR count). The Kier molecular flexibility index (Phi) is 3.31. The average molecular weight is 263 g/mol. The van der Waals surface area contributed by atoms with Crippen LogP contribution in [0.2, 0.25) is 0 Å². The monoisotopic (exact) mass is 263 g/mol. The van der Waals surface area contributed by atoms with Crippen molar-refractivity contribution in [3.8, 4) is 0 Å². The molecule has 0 bridgehead atoms. The average Bonchev–Trinajstić information content (AvgIpc) is 3.13. The normalized spacial score (nSPS) is 15.1. The minimum absolute atomic E-state index is 0.120. The number of aliphatic hydroxyl groups excluding tert-OH is 1. The Morgan fingerprint density at radius 1 is 1.53 bits per heavy atom. The van der Waals surface area contributed by atoms with E-state index < -0.39 is 0 Å². The van der Waals surface area contributed by atoms with Crippen LogP contribution >= 0.6 is 0 Å². The van der Waals surface area contributed by atoms with Crippen LogP contribution in [-0.2, 0) is 11.3 Å². The van der Waals surface area contributed by atoms with E-state index in [1.54, 1.807) is 11.6 Å². The summed E-state index contributed by atoms with van der Waals surface area (Å²) in [5, 5.41) is 13.5. The molecule has 7 nitrogen and oxygen atoms in total. The van der Waals surface area contributed by atoms with Gasteiger partial charge in [-0.15, -0.1) is 0 Å². The predicted molar refractivity (Wildman–Crippen MR) is 68.9 cm³/mol. The molecular weight excluding hydrogens is 246 g/mol. The van der Waals surface area contributed by atoms with Crippen molar-refractivity contribution in [2.75, 3.05) is 25.2 Å². The molecule has 1 fully saturated rings. The van der Waals surface area contributed by atoms with Crippen LogP contribution in [0.25, 0.3) is 5.78 Å². The first kappa shape index (κ1) is 12.3. The largest absolute Gasteiger partial charge is 0.395 e. The van der Waals surface area contributed by atoms with Gasteiger partial charge in [-0.05, 0) is 12.8 Å². The standard InChI is InChI=1S/C12H17N5O2/c1-19-7-9-6-11(16(4-5-18)10-2-3-10)17-12(15-9)13-8-14-17/h6,8,10,18H,2-5,7H2,1H3. The summed E-state index contributed by atoms with van der Waals surface area (Å²) in [4.78, 5) is 10.7. The molecule has 1 aliphatic carbocycles. The Balaban J connectivity index is 2.05. The molecule has 1 N–H and O–H groups in total. The van der Waals surface area contributed by atoms with Crippen LogP contribution < -0.4 is 4.90 Å². The van der Waals surface area contributed by atoms with Gasteiger partial charge in [0.1, 0.15) is 12.1 Å². The number of fused-ring (bicyclic) bond motifs is 1. The number of aliphatic hydroxyl groups is 1. The number of anilines is 1. The highest BCUT2D eigenvalue weighted by Crippen LogP contribution is 2.31. The van der Waals surface area contributed by atoms with Gasteiger partial charge in [-0.2, -0.15) is 14.6 Å². The molecule has 2 aromatic rings. The van der Waals surface area contributed by atoms with E-state index in [4.69, 9.17) is 4.74 Å². The maximum atomic E-state index is 9.24. The second-order valence-electron chi connectivity index (χ2n) is 4.66. The van der Waals surface area contributed by atoms with Gasteiger partial charge in [0.05, 0.1) is 18.9 Å². The quantitative estimate of drug-likeness (QED) is 0.804. The van der Waals surface area contributed by atoms with E-state index in [0.29, 0.717) is 25.0 Å². The first-order chi connectivity index (χ1) is 9.33. The van der Waals surface area contributed by atoms with Crippen LogP contribution in [0.5, 0.6) is 0 Å². The molecule has 0 saturated heterocycles. The highest BCUT2D eigenvalue weighted by atomic mass is 16.5. The molecule has 0 atom stereocenters. The van der Waals surface area contributed by atoms with E-state index in [-0.39, 0.29) is 6.61 Å². The Labute approximate surface area is 110 Å². The molecule has 0 aliphatic heterocycles. The lowest BCUT2D eigenvalue weighted by Crippen LogP contribution is -2.31. The summed E-state index contributed by atoms with van der Waals surface area (Å²) in [6.07, 6.45) is 3.79. The summed E-state index contributed by atoms with van der Waals surface area (Å²) in [7, 11) is 1.64. The summed E-state index contributed by atoms with van der Waals surface area (Å²) in [5.41, 5.74) is 0.821. The topological polar surface area (TPSA) is 75.8 Å². The number of ether oxygens (including phenoxy) is 1. The molecule has 2 heterocycles. The summed E-state index contributed by atoms with van der Waals surface area (Å²) < 4.78 is 6.85. The number of methoxy groups -OCH3 is 1.